The maximum Gasteiger partial charge on any atom is 0.271 e. The van der Waals surface area contributed by atoms with E-state index in [1.54, 1.807) is 0 Å². The Morgan fingerprint density at radius 2 is 1.59 bits per heavy atom. The van der Waals surface area contributed by atoms with Crippen molar-refractivity contribution in [1.29, 1.82) is 0 Å². The van der Waals surface area contributed by atoms with Crippen LogP contribution in [-0.4, -0.2) is 57.9 Å². The molecule has 1 aromatic heterocycles. The molecule has 0 atom stereocenters. The lowest BCUT2D eigenvalue weighted by molar-refractivity contribution is 0.0548. The largest absolute Gasteiger partial charge is 0.350 e. The van der Waals surface area contributed by atoms with Gasteiger partial charge >= 0.3 is 0 Å². The van der Waals surface area contributed by atoms with Crippen LogP contribution in [0.15, 0.2) is 35.1 Å². The van der Waals surface area contributed by atoms with Gasteiger partial charge in [-0.25, -0.2) is 5.10 Å². The Balaban J connectivity index is 1.34. The number of imide groups is 1. The van der Waals surface area contributed by atoms with Gasteiger partial charge in [0.25, 0.3) is 29.2 Å². The molecule has 4 amide bonds. The second kappa shape index (κ2) is 9.13. The van der Waals surface area contributed by atoms with E-state index in [1.807, 2.05) is 0 Å². The highest BCUT2D eigenvalue weighted by Crippen LogP contribution is 2.31. The molecule has 0 spiro atoms. The summed E-state index contributed by atoms with van der Waals surface area (Å²) in [5.74, 6) is -1.53. The number of benzene rings is 1. The standard InChI is InChI=1S/C22H23N5O5/c28-18-9-8-17(25-26-18)20(30)24-11-10-23-19(29)13-6-7-15-16(12-13)22(32)27(21(15)31)14-4-2-1-3-5-14/h6-9,12,14H,1-5,10-11H2,(H,23,29)(H,24,30)(H,26,28). The number of H-pyrrole nitrogens is 1. The summed E-state index contributed by atoms with van der Waals surface area (Å²) >= 11 is 0. The summed E-state index contributed by atoms with van der Waals surface area (Å²) in [6.07, 6.45) is 4.76. The molecule has 0 bridgehead atoms. The first-order chi connectivity index (χ1) is 15.5. The average molecular weight is 437 g/mol. The molecule has 1 aliphatic carbocycles. The molecule has 1 fully saturated rings. The van der Waals surface area contributed by atoms with Gasteiger partial charge in [-0.2, -0.15) is 5.10 Å². The predicted octanol–water partition coefficient (Wildman–Crippen LogP) is 0.858. The minimum atomic E-state index is -0.486. The van der Waals surface area contributed by atoms with E-state index < -0.39 is 17.4 Å². The minimum absolute atomic E-state index is 0.0558. The van der Waals surface area contributed by atoms with Crippen molar-refractivity contribution in [2.45, 2.75) is 38.1 Å². The number of carbonyl (C=O) groups excluding carboxylic acids is 4. The SMILES string of the molecule is O=C(NCCNC(=O)c1ccc(=O)[nH]n1)c1ccc2c(c1)C(=O)N(C1CCCCC1)C2=O. The zero-order valence-electron chi connectivity index (χ0n) is 17.3. The van der Waals surface area contributed by atoms with Gasteiger partial charge in [0, 0.05) is 30.8 Å². The highest BCUT2D eigenvalue weighted by atomic mass is 16.2. The number of rotatable bonds is 6. The first-order valence-electron chi connectivity index (χ1n) is 10.6. The third kappa shape index (κ3) is 4.29. The van der Waals surface area contributed by atoms with Gasteiger partial charge in [0.1, 0.15) is 5.69 Å². The number of aromatic nitrogens is 2. The molecule has 2 heterocycles. The molecule has 0 saturated heterocycles. The summed E-state index contributed by atoms with van der Waals surface area (Å²) in [5.41, 5.74) is 0.498. The smallest absolute Gasteiger partial charge is 0.271 e. The molecule has 0 radical (unpaired) electrons. The molecule has 10 nitrogen and oxygen atoms in total. The average Bonchev–Trinajstić information content (AvgIpc) is 3.06. The van der Waals surface area contributed by atoms with Crippen molar-refractivity contribution in [2.24, 2.45) is 0 Å². The lowest BCUT2D eigenvalue weighted by atomic mass is 9.94. The molecule has 0 unspecified atom stereocenters. The maximum absolute atomic E-state index is 12.9. The summed E-state index contributed by atoms with van der Waals surface area (Å²) in [6, 6.07) is 6.92. The van der Waals surface area contributed by atoms with E-state index in [-0.39, 0.29) is 47.8 Å². The minimum Gasteiger partial charge on any atom is -0.350 e. The van der Waals surface area contributed by atoms with Crippen LogP contribution in [-0.2, 0) is 0 Å². The second-order valence-corrected chi connectivity index (χ2v) is 7.85. The van der Waals surface area contributed by atoms with Crippen LogP contribution in [0.1, 0.15) is 73.7 Å². The quantitative estimate of drug-likeness (QED) is 0.452. The van der Waals surface area contributed by atoms with Crippen LogP contribution in [0.25, 0.3) is 0 Å². The normalized spacial score (nSPS) is 16.1. The molecule has 1 aromatic carbocycles. The topological polar surface area (TPSA) is 141 Å². The molecular formula is C22H23N5O5. The zero-order valence-corrected chi connectivity index (χ0v) is 17.3. The van der Waals surface area contributed by atoms with Crippen LogP contribution < -0.4 is 16.2 Å². The fraction of sp³-hybridized carbons (Fsp3) is 0.364. The molecule has 2 aromatic rings. The van der Waals surface area contributed by atoms with Crippen LogP contribution in [0, 0.1) is 0 Å². The van der Waals surface area contributed by atoms with Crippen LogP contribution in [0.4, 0.5) is 0 Å². The lowest BCUT2D eigenvalue weighted by Gasteiger charge is -2.29. The first kappa shape index (κ1) is 21.4. The molecule has 3 N–H and O–H groups in total. The second-order valence-electron chi connectivity index (χ2n) is 7.85. The summed E-state index contributed by atoms with van der Waals surface area (Å²) in [4.78, 5) is 62.4. The van der Waals surface area contributed by atoms with Crippen molar-refractivity contribution in [3.8, 4) is 0 Å². The summed E-state index contributed by atoms with van der Waals surface area (Å²) in [7, 11) is 0. The fourth-order valence-electron chi connectivity index (χ4n) is 4.09. The van der Waals surface area contributed by atoms with Crippen molar-refractivity contribution >= 4 is 23.6 Å². The van der Waals surface area contributed by atoms with E-state index >= 15 is 0 Å². The Bertz CT molecular complexity index is 1120. The van der Waals surface area contributed by atoms with E-state index in [0.717, 1.165) is 32.1 Å². The number of fused-ring (bicyclic) bond motifs is 1. The number of amides is 4. The van der Waals surface area contributed by atoms with Crippen LogP contribution in [0.5, 0.6) is 0 Å². The number of hydrogen-bond acceptors (Lipinski definition) is 6. The van der Waals surface area contributed by atoms with E-state index in [9.17, 15) is 24.0 Å². The van der Waals surface area contributed by atoms with E-state index in [2.05, 4.69) is 20.8 Å². The zero-order chi connectivity index (χ0) is 22.7. The monoisotopic (exact) mass is 437 g/mol. The summed E-state index contributed by atoms with van der Waals surface area (Å²) in [6.45, 7) is 0.287. The number of carbonyl (C=O) groups is 4. The fourth-order valence-corrected chi connectivity index (χ4v) is 4.09. The maximum atomic E-state index is 12.9. The summed E-state index contributed by atoms with van der Waals surface area (Å²) in [5, 5.41) is 11.0. The number of aromatic amines is 1. The van der Waals surface area contributed by atoms with Gasteiger partial charge < -0.3 is 10.6 Å². The van der Waals surface area contributed by atoms with E-state index in [4.69, 9.17) is 0 Å². The third-order valence-corrected chi connectivity index (χ3v) is 5.73. The number of nitrogens with zero attached hydrogens (tertiary/aromatic N) is 2. The number of nitrogens with one attached hydrogen (secondary N) is 3. The Hall–Kier alpha value is -3.82. The third-order valence-electron chi connectivity index (χ3n) is 5.73. The van der Waals surface area contributed by atoms with Crippen molar-refractivity contribution in [2.75, 3.05) is 13.1 Å². The van der Waals surface area contributed by atoms with Gasteiger partial charge in [-0.05, 0) is 37.1 Å². The van der Waals surface area contributed by atoms with Crippen LogP contribution in [0.3, 0.4) is 0 Å². The molecule has 1 saturated carbocycles. The van der Waals surface area contributed by atoms with Gasteiger partial charge in [0.15, 0.2) is 0 Å². The van der Waals surface area contributed by atoms with Gasteiger partial charge in [-0.15, -0.1) is 0 Å². The van der Waals surface area contributed by atoms with E-state index in [1.165, 1.54) is 35.2 Å². The van der Waals surface area contributed by atoms with Crippen molar-refractivity contribution in [1.82, 2.24) is 25.7 Å². The Morgan fingerprint density at radius 3 is 2.28 bits per heavy atom. The highest BCUT2D eigenvalue weighted by Gasteiger charge is 2.40. The van der Waals surface area contributed by atoms with Gasteiger partial charge in [0.05, 0.1) is 11.1 Å². The molecular weight excluding hydrogens is 414 g/mol. The Kier molecular flexibility index (Phi) is 6.11. The van der Waals surface area contributed by atoms with Crippen LogP contribution in [0.2, 0.25) is 0 Å². The highest BCUT2D eigenvalue weighted by molar-refractivity contribution is 6.22. The van der Waals surface area contributed by atoms with Crippen molar-refractivity contribution < 1.29 is 19.2 Å². The molecule has 10 heteroatoms. The number of hydrogen-bond donors (Lipinski definition) is 3. The molecule has 2 aliphatic rings. The molecule has 1 aliphatic heterocycles. The molecule has 32 heavy (non-hydrogen) atoms. The first-order valence-corrected chi connectivity index (χ1v) is 10.6. The van der Waals surface area contributed by atoms with Gasteiger partial charge in [0.2, 0.25) is 0 Å². The summed E-state index contributed by atoms with van der Waals surface area (Å²) < 4.78 is 0. The lowest BCUT2D eigenvalue weighted by Crippen LogP contribution is -2.40. The predicted molar refractivity (Wildman–Crippen MR) is 113 cm³/mol. The van der Waals surface area contributed by atoms with Gasteiger partial charge in [-0.1, -0.05) is 19.3 Å². The van der Waals surface area contributed by atoms with Crippen LogP contribution >= 0.6 is 0 Å². The van der Waals surface area contributed by atoms with Crippen molar-refractivity contribution in [3.63, 3.8) is 0 Å². The Morgan fingerprint density at radius 1 is 0.906 bits per heavy atom. The van der Waals surface area contributed by atoms with Crippen molar-refractivity contribution in [3.05, 3.63) is 63.1 Å². The molecule has 166 valence electrons. The molecule has 4 rings (SSSR count). The van der Waals surface area contributed by atoms with E-state index in [0.29, 0.717) is 5.56 Å². The Labute approximate surface area is 183 Å². The van der Waals surface area contributed by atoms with Gasteiger partial charge in [-0.3, -0.25) is 28.9 Å².